The number of aromatic nitrogens is 4. The Kier molecular flexibility index (Phi) is 4.98. The highest BCUT2D eigenvalue weighted by Crippen LogP contribution is 2.42. The molecule has 5 atom stereocenters. The third-order valence-corrected chi connectivity index (χ3v) is 5.87. The van der Waals surface area contributed by atoms with E-state index < -0.39 is 45.5 Å². The van der Waals surface area contributed by atoms with Crippen LogP contribution in [-0.4, -0.2) is 72.8 Å². The van der Waals surface area contributed by atoms with Gasteiger partial charge in [-0.2, -0.15) is 8.42 Å². The number of benzene rings is 1. The Morgan fingerprint density at radius 1 is 1.23 bits per heavy atom. The van der Waals surface area contributed by atoms with Gasteiger partial charge in [-0.15, -0.1) is 3.89 Å². The smallest absolute Gasteiger partial charge is 0.332 e. The van der Waals surface area contributed by atoms with E-state index in [-0.39, 0.29) is 22.5 Å². The van der Waals surface area contributed by atoms with Gasteiger partial charge in [-0.3, -0.25) is 9.36 Å². The first kappa shape index (κ1) is 21.2. The van der Waals surface area contributed by atoms with E-state index in [0.717, 1.165) is 17.2 Å². The van der Waals surface area contributed by atoms with Crippen LogP contribution in [0.1, 0.15) is 10.4 Å². The summed E-state index contributed by atoms with van der Waals surface area (Å²) in [6, 6.07) is 7.41. The standard InChI is InChI=1S/C17H16FN5O7S/c18-31(28,29)16(27)11-10(24)13(26)17(30-11,12(25)8-4-2-1-3-5-8)23-7-22-9-14(19)20-6-21-15(9)23/h1-7,10-11,13,16,24,26-27H,(H2,19,20,21)/t10-,11+,13-,16?,17-/m1/s1. The average Bonchev–Trinajstić information content (AvgIpc) is 3.29. The average molecular weight is 453 g/mol. The zero-order chi connectivity index (χ0) is 22.6. The molecule has 1 fully saturated rings. The van der Waals surface area contributed by atoms with Crippen molar-refractivity contribution in [3.8, 4) is 0 Å². The number of anilines is 1. The topological polar surface area (TPSA) is 191 Å². The Balaban J connectivity index is 1.96. The number of hydrogen-bond donors (Lipinski definition) is 4. The van der Waals surface area contributed by atoms with Gasteiger partial charge in [0, 0.05) is 5.56 Å². The Bertz CT molecular complexity index is 1250. The molecule has 164 valence electrons. The predicted molar refractivity (Wildman–Crippen MR) is 101 cm³/mol. The lowest BCUT2D eigenvalue weighted by atomic mass is 9.93. The lowest BCUT2D eigenvalue weighted by molar-refractivity contribution is -0.119. The minimum Gasteiger partial charge on any atom is -0.387 e. The number of hydrogen-bond acceptors (Lipinski definition) is 11. The fourth-order valence-corrected chi connectivity index (χ4v) is 4.07. The van der Waals surface area contributed by atoms with Crippen LogP contribution in [0.25, 0.3) is 11.2 Å². The van der Waals surface area contributed by atoms with E-state index in [1.807, 2.05) is 0 Å². The van der Waals surface area contributed by atoms with Crippen LogP contribution in [0.15, 0.2) is 43.0 Å². The molecule has 3 aromatic rings. The van der Waals surface area contributed by atoms with Crippen molar-refractivity contribution in [1.82, 2.24) is 19.5 Å². The van der Waals surface area contributed by atoms with Crippen molar-refractivity contribution in [3.05, 3.63) is 48.5 Å². The van der Waals surface area contributed by atoms with Crippen molar-refractivity contribution in [2.45, 2.75) is 29.5 Å². The molecule has 12 nitrogen and oxygen atoms in total. The number of carbonyl (C=O) groups excluding carboxylic acids is 1. The SMILES string of the molecule is Nc1ncnc2c1ncn2[C@]1(C(=O)c2ccccc2)O[C@H](C(O)S(=O)(=O)F)[C@@H](O)[C@H]1O. The summed E-state index contributed by atoms with van der Waals surface area (Å²) in [5, 5.41) is 31.2. The van der Waals surface area contributed by atoms with Crippen LogP contribution < -0.4 is 5.73 Å². The third kappa shape index (κ3) is 3.16. The van der Waals surface area contributed by atoms with Crippen LogP contribution in [0.3, 0.4) is 0 Å². The number of halogens is 1. The molecular formula is C17H16FN5O7S. The van der Waals surface area contributed by atoms with Gasteiger partial charge in [0.05, 0.1) is 0 Å². The lowest BCUT2D eigenvalue weighted by Gasteiger charge is -2.32. The molecule has 1 aliphatic rings. The first-order chi connectivity index (χ1) is 14.6. The third-order valence-electron chi connectivity index (χ3n) is 5.03. The van der Waals surface area contributed by atoms with E-state index >= 15 is 0 Å². The number of rotatable bonds is 5. The van der Waals surface area contributed by atoms with E-state index in [1.54, 1.807) is 6.07 Å². The number of fused-ring (bicyclic) bond motifs is 1. The van der Waals surface area contributed by atoms with Crippen LogP contribution in [-0.2, 0) is 20.7 Å². The minimum atomic E-state index is -5.62. The van der Waals surface area contributed by atoms with Crippen LogP contribution in [0.4, 0.5) is 9.70 Å². The minimum absolute atomic E-state index is 0.00382. The number of imidazole rings is 1. The van der Waals surface area contributed by atoms with Crippen molar-refractivity contribution in [3.63, 3.8) is 0 Å². The molecule has 14 heteroatoms. The molecule has 5 N–H and O–H groups in total. The summed E-state index contributed by atoms with van der Waals surface area (Å²) >= 11 is 0. The quantitative estimate of drug-likeness (QED) is 0.265. The van der Waals surface area contributed by atoms with Crippen molar-refractivity contribution in [2.24, 2.45) is 0 Å². The molecule has 4 rings (SSSR count). The number of ether oxygens (including phenoxy) is 1. The maximum Gasteiger partial charge on any atom is 0.332 e. The Labute approximate surface area is 174 Å². The number of nitrogen functional groups attached to an aromatic ring is 1. The van der Waals surface area contributed by atoms with E-state index in [2.05, 4.69) is 15.0 Å². The van der Waals surface area contributed by atoms with Gasteiger partial charge >= 0.3 is 10.2 Å². The number of aliphatic hydroxyl groups excluding tert-OH is 3. The van der Waals surface area contributed by atoms with Gasteiger partial charge in [-0.25, -0.2) is 15.0 Å². The summed E-state index contributed by atoms with van der Waals surface area (Å²) in [7, 11) is -5.62. The second kappa shape index (κ2) is 7.28. The summed E-state index contributed by atoms with van der Waals surface area (Å²) in [5.74, 6) is -1.01. The van der Waals surface area contributed by atoms with Gasteiger partial charge in [0.15, 0.2) is 11.5 Å². The normalized spacial score (nSPS) is 27.4. The number of ketones is 1. The summed E-state index contributed by atoms with van der Waals surface area (Å²) in [5.41, 5.74) is 0.243. The maximum absolute atomic E-state index is 13.5. The molecule has 1 aromatic carbocycles. The fraction of sp³-hybridized carbons (Fsp3) is 0.294. The largest absolute Gasteiger partial charge is 0.387 e. The van der Waals surface area contributed by atoms with Gasteiger partial charge in [0.2, 0.25) is 16.9 Å². The molecule has 0 spiro atoms. The molecular weight excluding hydrogens is 437 g/mol. The highest BCUT2D eigenvalue weighted by Gasteiger charge is 2.64. The van der Waals surface area contributed by atoms with Gasteiger partial charge in [-0.1, -0.05) is 30.3 Å². The summed E-state index contributed by atoms with van der Waals surface area (Å²) < 4.78 is 42.3. The Morgan fingerprint density at radius 3 is 2.55 bits per heavy atom. The first-order valence-corrected chi connectivity index (χ1v) is 10.2. The second-order valence-electron chi connectivity index (χ2n) is 6.82. The van der Waals surface area contributed by atoms with Crippen molar-refractivity contribution >= 4 is 33.0 Å². The molecule has 31 heavy (non-hydrogen) atoms. The molecule has 0 bridgehead atoms. The summed E-state index contributed by atoms with van der Waals surface area (Å²) in [6.07, 6.45) is -4.48. The molecule has 0 aliphatic carbocycles. The van der Waals surface area contributed by atoms with Gasteiger partial charge in [0.25, 0.3) is 0 Å². The van der Waals surface area contributed by atoms with E-state index in [0.29, 0.717) is 0 Å². The Morgan fingerprint density at radius 2 is 1.90 bits per heavy atom. The highest BCUT2D eigenvalue weighted by molar-refractivity contribution is 7.86. The van der Waals surface area contributed by atoms with Crippen LogP contribution >= 0.6 is 0 Å². The lowest BCUT2D eigenvalue weighted by Crippen LogP contribution is -2.51. The fourth-order valence-electron chi connectivity index (χ4n) is 3.53. The molecule has 0 radical (unpaired) electrons. The first-order valence-electron chi connectivity index (χ1n) is 8.78. The Hall–Kier alpha value is -3.04. The number of Topliss-reactive ketones (excluding diaryl/α,β-unsaturated/α-hetero) is 1. The molecule has 0 saturated carbocycles. The van der Waals surface area contributed by atoms with E-state index in [1.165, 1.54) is 24.3 Å². The maximum atomic E-state index is 13.5. The second-order valence-corrected chi connectivity index (χ2v) is 8.26. The van der Waals surface area contributed by atoms with E-state index in [4.69, 9.17) is 10.5 Å². The van der Waals surface area contributed by atoms with Gasteiger partial charge in [0.1, 0.15) is 36.5 Å². The summed E-state index contributed by atoms with van der Waals surface area (Å²) in [4.78, 5) is 25.3. The van der Waals surface area contributed by atoms with Crippen molar-refractivity contribution in [1.29, 1.82) is 0 Å². The number of nitrogens with zero attached hydrogens (tertiary/aromatic N) is 4. The van der Waals surface area contributed by atoms with Gasteiger partial charge < -0.3 is 25.8 Å². The summed E-state index contributed by atoms with van der Waals surface area (Å²) in [6.45, 7) is 0. The molecule has 0 amide bonds. The molecule has 2 aromatic heterocycles. The van der Waals surface area contributed by atoms with Crippen molar-refractivity contribution in [2.75, 3.05) is 5.73 Å². The van der Waals surface area contributed by atoms with Crippen LogP contribution in [0.5, 0.6) is 0 Å². The molecule has 1 aliphatic heterocycles. The predicted octanol–water partition coefficient (Wildman–Crippen LogP) is -1.32. The number of aliphatic hydroxyl groups is 3. The number of carbonyl (C=O) groups is 1. The zero-order valence-electron chi connectivity index (χ0n) is 15.5. The monoisotopic (exact) mass is 453 g/mol. The van der Waals surface area contributed by atoms with E-state index in [9.17, 15) is 32.4 Å². The van der Waals surface area contributed by atoms with Gasteiger partial charge in [-0.05, 0) is 0 Å². The number of nitrogens with two attached hydrogens (primary N) is 1. The molecule has 1 saturated heterocycles. The van der Waals surface area contributed by atoms with Crippen LogP contribution in [0, 0.1) is 0 Å². The highest BCUT2D eigenvalue weighted by atomic mass is 32.3. The zero-order valence-corrected chi connectivity index (χ0v) is 16.3. The van der Waals surface area contributed by atoms with Crippen molar-refractivity contribution < 1.29 is 37.2 Å². The molecule has 3 heterocycles. The van der Waals surface area contributed by atoms with Crippen LogP contribution in [0.2, 0.25) is 0 Å². The molecule has 1 unspecified atom stereocenters.